The van der Waals surface area contributed by atoms with Gasteiger partial charge >= 0.3 is 5.97 Å². The summed E-state index contributed by atoms with van der Waals surface area (Å²) in [4.78, 5) is 23.0. The summed E-state index contributed by atoms with van der Waals surface area (Å²) < 4.78 is 5.58. The van der Waals surface area contributed by atoms with Crippen LogP contribution in [0.2, 0.25) is 0 Å². The average Bonchev–Trinajstić information content (AvgIpc) is 2.37. The van der Waals surface area contributed by atoms with E-state index in [0.29, 0.717) is 11.3 Å². The van der Waals surface area contributed by atoms with Crippen molar-refractivity contribution in [3.8, 4) is 5.75 Å². The van der Waals surface area contributed by atoms with Crippen LogP contribution >= 0.6 is 0 Å². The highest BCUT2D eigenvalue weighted by molar-refractivity contribution is 5.89. The van der Waals surface area contributed by atoms with E-state index in [-0.39, 0.29) is 17.0 Å². The van der Waals surface area contributed by atoms with Crippen molar-refractivity contribution in [3.05, 3.63) is 29.3 Å². The fraction of sp³-hybridized carbons (Fsp3) is 0.500. The van der Waals surface area contributed by atoms with Crippen LogP contribution in [0.5, 0.6) is 5.75 Å². The summed E-state index contributed by atoms with van der Waals surface area (Å²) in [5.74, 6) is -0.689. The molecule has 0 saturated heterocycles. The minimum atomic E-state index is -0.977. The summed E-state index contributed by atoms with van der Waals surface area (Å²) in [7, 11) is 0. The number of amides is 1. The summed E-state index contributed by atoms with van der Waals surface area (Å²) in [5, 5.41) is 11.9. The second-order valence-electron chi connectivity index (χ2n) is 5.77. The van der Waals surface area contributed by atoms with E-state index in [0.717, 1.165) is 6.42 Å². The summed E-state index contributed by atoms with van der Waals surface area (Å²) in [5.41, 5.74) is 0.547. The third-order valence-corrected chi connectivity index (χ3v) is 3.46. The fourth-order valence-corrected chi connectivity index (χ4v) is 1.73. The Kier molecular flexibility index (Phi) is 5.35. The molecule has 1 aromatic rings. The molecule has 0 aliphatic carbocycles. The topological polar surface area (TPSA) is 75.6 Å². The molecular formula is C16H23NO4. The number of carbonyl (C=O) groups excluding carboxylic acids is 1. The molecule has 1 amide bonds. The Bertz CT molecular complexity index is 537. The molecule has 0 radical (unpaired) electrons. The van der Waals surface area contributed by atoms with Crippen LogP contribution in [0.3, 0.4) is 0 Å². The standard InChI is InChI=1S/C16H23NO4/c1-6-16(4,5)17-14(18)11(3)21-12-7-8-13(15(19)20)10(2)9-12/h7-9,11H,6H2,1-5H3,(H,17,18)(H,19,20). The van der Waals surface area contributed by atoms with Gasteiger partial charge < -0.3 is 15.2 Å². The number of carboxylic acid groups (broad SMARTS) is 1. The molecule has 1 rings (SSSR count). The number of ether oxygens (including phenoxy) is 1. The van der Waals surface area contributed by atoms with Gasteiger partial charge in [-0.1, -0.05) is 6.92 Å². The smallest absolute Gasteiger partial charge is 0.335 e. The number of aromatic carboxylic acids is 1. The fourth-order valence-electron chi connectivity index (χ4n) is 1.73. The van der Waals surface area contributed by atoms with Crippen LogP contribution in [-0.2, 0) is 4.79 Å². The maximum atomic E-state index is 12.1. The third kappa shape index (κ3) is 4.77. The highest BCUT2D eigenvalue weighted by Crippen LogP contribution is 2.19. The summed E-state index contributed by atoms with van der Waals surface area (Å²) in [6, 6.07) is 4.66. The molecule has 21 heavy (non-hydrogen) atoms. The lowest BCUT2D eigenvalue weighted by atomic mass is 10.0. The minimum Gasteiger partial charge on any atom is -0.481 e. The van der Waals surface area contributed by atoms with Gasteiger partial charge in [0.05, 0.1) is 5.56 Å². The van der Waals surface area contributed by atoms with Crippen molar-refractivity contribution in [1.82, 2.24) is 5.32 Å². The van der Waals surface area contributed by atoms with E-state index in [4.69, 9.17) is 9.84 Å². The predicted octanol–water partition coefficient (Wildman–Crippen LogP) is 2.77. The first-order valence-electron chi connectivity index (χ1n) is 6.99. The highest BCUT2D eigenvalue weighted by Gasteiger charge is 2.23. The molecule has 0 aliphatic heterocycles. The van der Waals surface area contributed by atoms with Crippen LogP contribution in [0.1, 0.15) is 50.0 Å². The molecule has 2 N–H and O–H groups in total. The van der Waals surface area contributed by atoms with E-state index in [1.807, 2.05) is 20.8 Å². The number of carbonyl (C=O) groups is 2. The maximum absolute atomic E-state index is 12.1. The first-order chi connectivity index (χ1) is 9.66. The van der Waals surface area contributed by atoms with Crippen molar-refractivity contribution in [2.24, 2.45) is 0 Å². The summed E-state index contributed by atoms with van der Waals surface area (Å²) in [6.45, 7) is 9.26. The molecule has 0 heterocycles. The average molecular weight is 293 g/mol. The van der Waals surface area contributed by atoms with Gasteiger partial charge in [0.15, 0.2) is 6.10 Å². The van der Waals surface area contributed by atoms with E-state index in [2.05, 4.69) is 5.32 Å². The quantitative estimate of drug-likeness (QED) is 0.845. The van der Waals surface area contributed by atoms with E-state index < -0.39 is 12.1 Å². The third-order valence-electron chi connectivity index (χ3n) is 3.46. The van der Waals surface area contributed by atoms with Crippen molar-refractivity contribution in [1.29, 1.82) is 0 Å². The number of rotatable bonds is 6. The van der Waals surface area contributed by atoms with Crippen LogP contribution in [-0.4, -0.2) is 28.6 Å². The van der Waals surface area contributed by atoms with E-state index in [9.17, 15) is 9.59 Å². The molecule has 1 aromatic carbocycles. The number of hydrogen-bond donors (Lipinski definition) is 2. The first kappa shape index (κ1) is 17.0. The first-order valence-corrected chi connectivity index (χ1v) is 6.99. The molecule has 1 atom stereocenters. The molecule has 0 fully saturated rings. The monoisotopic (exact) mass is 293 g/mol. The molecule has 0 aromatic heterocycles. The van der Waals surface area contributed by atoms with Crippen molar-refractivity contribution < 1.29 is 19.4 Å². The Morgan fingerprint density at radius 3 is 2.48 bits per heavy atom. The van der Waals surface area contributed by atoms with Gasteiger partial charge in [0.25, 0.3) is 5.91 Å². The zero-order valence-corrected chi connectivity index (χ0v) is 13.2. The molecule has 0 spiro atoms. The van der Waals surface area contributed by atoms with Gasteiger partial charge in [-0.25, -0.2) is 4.79 Å². The van der Waals surface area contributed by atoms with Crippen LogP contribution < -0.4 is 10.1 Å². The Morgan fingerprint density at radius 2 is 2.00 bits per heavy atom. The molecule has 5 nitrogen and oxygen atoms in total. The lowest BCUT2D eigenvalue weighted by molar-refractivity contribution is -0.128. The largest absolute Gasteiger partial charge is 0.481 e. The van der Waals surface area contributed by atoms with Crippen LogP contribution in [0.25, 0.3) is 0 Å². The zero-order chi connectivity index (χ0) is 16.2. The molecule has 5 heteroatoms. The van der Waals surface area contributed by atoms with Crippen LogP contribution in [0.15, 0.2) is 18.2 Å². The Morgan fingerprint density at radius 1 is 1.38 bits per heavy atom. The highest BCUT2D eigenvalue weighted by atomic mass is 16.5. The van der Waals surface area contributed by atoms with Gasteiger partial charge in [-0.15, -0.1) is 0 Å². The number of aryl methyl sites for hydroxylation is 1. The number of carboxylic acids is 1. The van der Waals surface area contributed by atoms with Crippen molar-refractivity contribution in [2.45, 2.75) is 52.7 Å². The summed E-state index contributed by atoms with van der Waals surface area (Å²) >= 11 is 0. The lowest BCUT2D eigenvalue weighted by Gasteiger charge is -2.26. The zero-order valence-electron chi connectivity index (χ0n) is 13.2. The van der Waals surface area contributed by atoms with Gasteiger partial charge in [0.1, 0.15) is 5.75 Å². The Hall–Kier alpha value is -2.04. The van der Waals surface area contributed by atoms with E-state index in [1.54, 1.807) is 26.0 Å². The van der Waals surface area contributed by atoms with Crippen molar-refractivity contribution >= 4 is 11.9 Å². The van der Waals surface area contributed by atoms with Gasteiger partial charge in [-0.2, -0.15) is 0 Å². The van der Waals surface area contributed by atoms with Crippen molar-refractivity contribution in [2.75, 3.05) is 0 Å². The molecule has 1 unspecified atom stereocenters. The van der Waals surface area contributed by atoms with Gasteiger partial charge in [0, 0.05) is 5.54 Å². The Balaban J connectivity index is 2.75. The molecule has 0 aliphatic rings. The number of hydrogen-bond acceptors (Lipinski definition) is 3. The number of benzene rings is 1. The molecular weight excluding hydrogens is 270 g/mol. The SMILES string of the molecule is CCC(C)(C)NC(=O)C(C)Oc1ccc(C(=O)O)c(C)c1. The lowest BCUT2D eigenvalue weighted by Crippen LogP contribution is -2.48. The van der Waals surface area contributed by atoms with E-state index in [1.165, 1.54) is 6.07 Å². The second kappa shape index (κ2) is 6.61. The predicted molar refractivity (Wildman–Crippen MR) is 80.7 cm³/mol. The minimum absolute atomic E-state index is 0.193. The van der Waals surface area contributed by atoms with Gasteiger partial charge in [-0.05, 0) is 57.9 Å². The molecule has 0 bridgehead atoms. The summed E-state index contributed by atoms with van der Waals surface area (Å²) in [6.07, 6.45) is 0.170. The second-order valence-corrected chi connectivity index (χ2v) is 5.77. The number of nitrogens with one attached hydrogen (secondary N) is 1. The maximum Gasteiger partial charge on any atom is 0.335 e. The van der Waals surface area contributed by atoms with Crippen LogP contribution in [0.4, 0.5) is 0 Å². The molecule has 116 valence electrons. The molecule has 0 saturated carbocycles. The van der Waals surface area contributed by atoms with Gasteiger partial charge in [-0.3, -0.25) is 4.79 Å². The van der Waals surface area contributed by atoms with E-state index >= 15 is 0 Å². The van der Waals surface area contributed by atoms with Crippen LogP contribution in [0, 0.1) is 6.92 Å². The Labute approximate surface area is 125 Å². The normalized spacial score (nSPS) is 12.6. The van der Waals surface area contributed by atoms with Gasteiger partial charge in [0.2, 0.25) is 0 Å². The van der Waals surface area contributed by atoms with Crippen molar-refractivity contribution in [3.63, 3.8) is 0 Å².